The van der Waals surface area contributed by atoms with Gasteiger partial charge in [-0.3, -0.25) is 9.59 Å². The summed E-state index contributed by atoms with van der Waals surface area (Å²) in [6.45, 7) is 0. The number of benzene rings is 2. The number of amides is 1. The van der Waals surface area contributed by atoms with Crippen LogP contribution in [-0.2, 0) is 9.59 Å². The molecule has 1 heterocycles. The van der Waals surface area contributed by atoms with Crippen LogP contribution in [0.15, 0.2) is 53.7 Å². The monoisotopic (exact) mass is 395 g/mol. The number of methoxy groups -OCH3 is 2. The second-order valence-electron chi connectivity index (χ2n) is 7.39. The third-order valence-corrected chi connectivity index (χ3v) is 5.69. The van der Waals surface area contributed by atoms with Crippen molar-refractivity contribution in [2.45, 2.75) is 31.1 Å². The number of ketones is 1. The maximum atomic E-state index is 13.3. The van der Waals surface area contributed by atoms with Crippen LogP contribution < -0.4 is 14.8 Å². The number of carbonyl (C=O) groups excluding carboxylic acids is 2. The van der Waals surface area contributed by atoms with Crippen LogP contribution in [0.5, 0.6) is 11.5 Å². The number of rotatable bonds is 4. The summed E-state index contributed by atoms with van der Waals surface area (Å²) in [5, 5.41) is 2.90. The van der Waals surface area contributed by atoms with Crippen LogP contribution in [-0.4, -0.2) is 25.9 Å². The molecule has 2 atom stereocenters. The van der Waals surface area contributed by atoms with Crippen molar-refractivity contribution in [1.82, 2.24) is 5.32 Å². The van der Waals surface area contributed by atoms with Crippen LogP contribution in [0.1, 0.15) is 42.2 Å². The Labute approximate surface area is 168 Å². The highest BCUT2D eigenvalue weighted by Gasteiger charge is 2.38. The fourth-order valence-electron chi connectivity index (χ4n) is 4.29. The highest BCUT2D eigenvalue weighted by Crippen LogP contribution is 2.44. The summed E-state index contributed by atoms with van der Waals surface area (Å²) in [6, 6.07) is 11.7. The first-order valence-corrected chi connectivity index (χ1v) is 9.53. The molecule has 150 valence electrons. The average molecular weight is 395 g/mol. The fraction of sp³-hybridized carbons (Fsp3) is 0.304. The van der Waals surface area contributed by atoms with Gasteiger partial charge in [0.2, 0.25) is 5.91 Å². The van der Waals surface area contributed by atoms with Crippen LogP contribution in [0.3, 0.4) is 0 Å². The molecule has 2 aromatic rings. The van der Waals surface area contributed by atoms with E-state index in [4.69, 9.17) is 9.47 Å². The zero-order valence-electron chi connectivity index (χ0n) is 16.3. The van der Waals surface area contributed by atoms with Gasteiger partial charge in [0.25, 0.3) is 0 Å². The van der Waals surface area contributed by atoms with Crippen LogP contribution in [0, 0.1) is 5.82 Å². The van der Waals surface area contributed by atoms with E-state index in [1.165, 1.54) is 12.1 Å². The summed E-state index contributed by atoms with van der Waals surface area (Å²) in [5.41, 5.74) is 3.08. The van der Waals surface area contributed by atoms with Crippen molar-refractivity contribution in [2.24, 2.45) is 0 Å². The van der Waals surface area contributed by atoms with Gasteiger partial charge in [0, 0.05) is 30.0 Å². The molecule has 0 bridgehead atoms. The first-order chi connectivity index (χ1) is 14.0. The van der Waals surface area contributed by atoms with Crippen molar-refractivity contribution in [3.8, 4) is 11.5 Å². The largest absolute Gasteiger partial charge is 0.493 e. The molecule has 1 aliphatic carbocycles. The topological polar surface area (TPSA) is 64.6 Å². The first kappa shape index (κ1) is 19.2. The molecule has 0 saturated carbocycles. The summed E-state index contributed by atoms with van der Waals surface area (Å²) in [6.07, 6.45) is 1.09. The molecule has 4 rings (SSSR count). The number of hydrogen-bond donors (Lipinski definition) is 1. The van der Waals surface area contributed by atoms with Gasteiger partial charge in [0.05, 0.1) is 14.2 Å². The van der Waals surface area contributed by atoms with Gasteiger partial charge in [0.15, 0.2) is 17.3 Å². The minimum Gasteiger partial charge on any atom is -0.493 e. The van der Waals surface area contributed by atoms with Crippen molar-refractivity contribution < 1.29 is 23.5 Å². The lowest BCUT2D eigenvalue weighted by Gasteiger charge is -2.34. The Kier molecular flexibility index (Phi) is 5.09. The molecule has 0 spiro atoms. The molecule has 2 aromatic carbocycles. The number of allylic oxidation sites excluding steroid dienone is 2. The van der Waals surface area contributed by atoms with E-state index >= 15 is 0 Å². The molecule has 0 fully saturated rings. The van der Waals surface area contributed by atoms with Gasteiger partial charge < -0.3 is 14.8 Å². The zero-order valence-corrected chi connectivity index (χ0v) is 16.3. The maximum Gasteiger partial charge on any atom is 0.225 e. The molecule has 0 unspecified atom stereocenters. The van der Waals surface area contributed by atoms with E-state index in [0.29, 0.717) is 35.6 Å². The van der Waals surface area contributed by atoms with E-state index in [1.807, 2.05) is 12.1 Å². The summed E-state index contributed by atoms with van der Waals surface area (Å²) in [5.74, 6) is 0.348. The van der Waals surface area contributed by atoms with Gasteiger partial charge in [-0.1, -0.05) is 18.2 Å². The number of hydrogen-bond acceptors (Lipinski definition) is 4. The predicted molar refractivity (Wildman–Crippen MR) is 105 cm³/mol. The SMILES string of the molecule is COc1ccc([C@@H]2CC(=O)NC3=C2C(=O)C[C@H](c2ccc(F)cc2)C3)cc1OC. The number of carbonyl (C=O) groups is 2. The van der Waals surface area contributed by atoms with E-state index in [0.717, 1.165) is 11.1 Å². The van der Waals surface area contributed by atoms with E-state index in [-0.39, 0.29) is 35.8 Å². The minimum absolute atomic E-state index is 0.0142. The second-order valence-corrected chi connectivity index (χ2v) is 7.39. The van der Waals surface area contributed by atoms with E-state index in [9.17, 15) is 14.0 Å². The second kappa shape index (κ2) is 7.70. The summed E-state index contributed by atoms with van der Waals surface area (Å²) in [7, 11) is 3.12. The van der Waals surface area contributed by atoms with Crippen molar-refractivity contribution in [1.29, 1.82) is 0 Å². The van der Waals surface area contributed by atoms with Crippen LogP contribution in [0.2, 0.25) is 0 Å². The number of Topliss-reactive ketones (excluding diaryl/α,β-unsaturated/α-hetero) is 1. The average Bonchev–Trinajstić information content (AvgIpc) is 2.72. The zero-order chi connectivity index (χ0) is 20.5. The lowest BCUT2D eigenvalue weighted by molar-refractivity contribution is -0.122. The van der Waals surface area contributed by atoms with E-state index < -0.39 is 0 Å². The molecule has 1 N–H and O–H groups in total. The Hall–Kier alpha value is -3.15. The van der Waals surface area contributed by atoms with Crippen LogP contribution >= 0.6 is 0 Å². The Morgan fingerprint density at radius 3 is 2.28 bits per heavy atom. The van der Waals surface area contributed by atoms with Gasteiger partial charge in [0.1, 0.15) is 5.82 Å². The number of ether oxygens (including phenoxy) is 2. The smallest absolute Gasteiger partial charge is 0.225 e. The molecule has 6 heteroatoms. The van der Waals surface area contributed by atoms with Crippen LogP contribution in [0.4, 0.5) is 4.39 Å². The third-order valence-electron chi connectivity index (χ3n) is 5.69. The molecule has 2 aliphatic rings. The molecular weight excluding hydrogens is 373 g/mol. The van der Waals surface area contributed by atoms with Crippen molar-refractivity contribution in [2.75, 3.05) is 14.2 Å². The standard InChI is InChI=1S/C23H22FNO4/c1-28-20-8-5-14(11-21(20)29-2)17-12-22(27)25-18-9-15(10-19(26)23(17)18)13-3-6-16(24)7-4-13/h3-8,11,15,17H,9-10,12H2,1-2H3,(H,25,27)/t15-,17+/m1/s1. The highest BCUT2D eigenvalue weighted by molar-refractivity contribution is 6.02. The molecule has 1 amide bonds. The van der Waals surface area contributed by atoms with Gasteiger partial charge in [-0.15, -0.1) is 0 Å². The Balaban J connectivity index is 1.71. The maximum absolute atomic E-state index is 13.3. The predicted octanol–water partition coefficient (Wildman–Crippen LogP) is 3.85. The van der Waals surface area contributed by atoms with Crippen molar-refractivity contribution in [3.05, 3.63) is 70.7 Å². The lowest BCUT2D eigenvalue weighted by Crippen LogP contribution is -2.38. The normalized spacial score (nSPS) is 21.5. The first-order valence-electron chi connectivity index (χ1n) is 9.53. The quantitative estimate of drug-likeness (QED) is 0.854. The molecule has 5 nitrogen and oxygen atoms in total. The molecule has 1 aliphatic heterocycles. The summed E-state index contributed by atoms with van der Waals surface area (Å²) < 4.78 is 23.9. The Bertz CT molecular complexity index is 996. The summed E-state index contributed by atoms with van der Waals surface area (Å²) >= 11 is 0. The van der Waals surface area contributed by atoms with Crippen molar-refractivity contribution in [3.63, 3.8) is 0 Å². The molecule has 0 radical (unpaired) electrons. The summed E-state index contributed by atoms with van der Waals surface area (Å²) in [4.78, 5) is 25.5. The fourth-order valence-corrected chi connectivity index (χ4v) is 4.29. The van der Waals surface area contributed by atoms with Crippen LogP contribution in [0.25, 0.3) is 0 Å². The van der Waals surface area contributed by atoms with E-state index in [2.05, 4.69) is 5.32 Å². The van der Waals surface area contributed by atoms with Gasteiger partial charge in [-0.25, -0.2) is 4.39 Å². The molecule has 0 saturated heterocycles. The molecule has 0 aromatic heterocycles. The molecule has 29 heavy (non-hydrogen) atoms. The number of nitrogens with one attached hydrogen (secondary N) is 1. The van der Waals surface area contributed by atoms with E-state index in [1.54, 1.807) is 32.4 Å². The Morgan fingerprint density at radius 1 is 0.897 bits per heavy atom. The van der Waals surface area contributed by atoms with Crippen molar-refractivity contribution >= 4 is 11.7 Å². The lowest BCUT2D eigenvalue weighted by atomic mass is 9.73. The highest BCUT2D eigenvalue weighted by atomic mass is 19.1. The van der Waals surface area contributed by atoms with Gasteiger partial charge in [-0.2, -0.15) is 0 Å². The third kappa shape index (κ3) is 3.62. The Morgan fingerprint density at radius 2 is 1.59 bits per heavy atom. The molecular formula is C23H22FNO4. The minimum atomic E-state index is -0.319. The van der Waals surface area contributed by atoms with Gasteiger partial charge in [-0.05, 0) is 47.7 Å². The van der Waals surface area contributed by atoms with Gasteiger partial charge >= 0.3 is 0 Å². The number of halogens is 1.